The molecule has 0 radical (unpaired) electrons. The van der Waals surface area contributed by atoms with Gasteiger partial charge in [0.25, 0.3) is 0 Å². The summed E-state index contributed by atoms with van der Waals surface area (Å²) in [6, 6.07) is 19.8. The lowest BCUT2D eigenvalue weighted by atomic mass is 10.1. The molecule has 7 nitrogen and oxygen atoms in total. The number of hydrogen-bond acceptors (Lipinski definition) is 5. The van der Waals surface area contributed by atoms with Gasteiger partial charge in [-0.05, 0) is 60.7 Å². The molecule has 3 heterocycles. The third-order valence-electron chi connectivity index (χ3n) is 5.51. The highest BCUT2D eigenvalue weighted by atomic mass is 16.8. The number of hydrogen-bond donors (Lipinski definition) is 0. The Balaban J connectivity index is 1.27. The van der Waals surface area contributed by atoms with Crippen LogP contribution in [0.1, 0.15) is 5.56 Å². The summed E-state index contributed by atoms with van der Waals surface area (Å²) in [6.45, 7) is 1.31. The Labute approximate surface area is 186 Å². The second kappa shape index (κ2) is 8.90. The van der Waals surface area contributed by atoms with Crippen molar-refractivity contribution in [3.63, 3.8) is 0 Å². The maximum Gasteiger partial charge on any atom is 0.214 e. The second-order valence-corrected chi connectivity index (χ2v) is 7.66. The van der Waals surface area contributed by atoms with Crippen LogP contribution in [0.5, 0.6) is 11.5 Å². The van der Waals surface area contributed by atoms with Crippen LogP contribution in [0.2, 0.25) is 0 Å². The smallest absolute Gasteiger partial charge is 0.214 e. The number of nitrogens with zero attached hydrogens (tertiary/aromatic N) is 3. The predicted molar refractivity (Wildman–Crippen MR) is 119 cm³/mol. The molecule has 5 rings (SSSR count). The summed E-state index contributed by atoms with van der Waals surface area (Å²) in [7, 11) is 1.65. The number of imidazole rings is 1. The Morgan fingerprint density at radius 3 is 2.44 bits per heavy atom. The van der Waals surface area contributed by atoms with Crippen molar-refractivity contribution < 1.29 is 18.9 Å². The average Bonchev–Trinajstić information content (AvgIpc) is 3.62. The molecule has 1 aliphatic rings. The van der Waals surface area contributed by atoms with Gasteiger partial charge in [0, 0.05) is 36.0 Å². The maximum atomic E-state index is 6.45. The molecule has 7 heteroatoms. The average molecular weight is 431 g/mol. The molecule has 1 saturated heterocycles. The zero-order chi connectivity index (χ0) is 21.8. The third kappa shape index (κ3) is 4.26. The van der Waals surface area contributed by atoms with Gasteiger partial charge in [0.2, 0.25) is 5.79 Å². The van der Waals surface area contributed by atoms with Crippen molar-refractivity contribution in [1.29, 1.82) is 0 Å². The Morgan fingerprint density at radius 1 is 1.00 bits per heavy atom. The van der Waals surface area contributed by atoms with E-state index in [9.17, 15) is 0 Å². The van der Waals surface area contributed by atoms with Crippen LogP contribution in [0.25, 0.3) is 5.69 Å². The first-order valence-corrected chi connectivity index (χ1v) is 10.5. The van der Waals surface area contributed by atoms with Crippen LogP contribution in [0.15, 0.2) is 91.8 Å². The van der Waals surface area contributed by atoms with Gasteiger partial charge in [0.05, 0.1) is 26.6 Å². The maximum absolute atomic E-state index is 6.45. The van der Waals surface area contributed by atoms with E-state index in [1.54, 1.807) is 19.6 Å². The lowest BCUT2D eigenvalue weighted by Crippen LogP contribution is -2.34. The number of ether oxygens (including phenoxy) is 4. The highest BCUT2D eigenvalue weighted by molar-refractivity contribution is 5.38. The Hall–Kier alpha value is -3.55. The molecule has 0 N–H and O–H groups in total. The molecule has 0 amide bonds. The molecule has 0 bridgehead atoms. The molecule has 1 fully saturated rings. The Kier molecular flexibility index (Phi) is 5.66. The minimum absolute atomic E-state index is 0.204. The monoisotopic (exact) mass is 431 g/mol. The molecule has 1 aliphatic heterocycles. The van der Waals surface area contributed by atoms with Gasteiger partial charge in [-0.3, -0.25) is 0 Å². The standard InChI is InChI=1S/C25H25N3O4/c1-29-22-8-4-20(5-9-22)25(18-27-15-12-26-19-27)31-17-24(32-25)16-30-23-10-6-21(7-11-23)28-13-2-3-14-28/h2-15,19,24H,16-18H2,1H3. The van der Waals surface area contributed by atoms with E-state index in [0.717, 1.165) is 22.7 Å². The van der Waals surface area contributed by atoms with Gasteiger partial charge in [0.1, 0.15) is 24.2 Å². The van der Waals surface area contributed by atoms with Crippen LogP contribution in [-0.4, -0.2) is 40.5 Å². The first kappa shape index (κ1) is 20.4. The minimum atomic E-state index is -0.917. The fourth-order valence-electron chi connectivity index (χ4n) is 3.85. The number of rotatable bonds is 8. The predicted octanol–water partition coefficient (Wildman–Crippen LogP) is 4.03. The van der Waals surface area contributed by atoms with Gasteiger partial charge in [-0.2, -0.15) is 0 Å². The second-order valence-electron chi connectivity index (χ2n) is 7.66. The van der Waals surface area contributed by atoms with Crippen LogP contribution in [0, 0.1) is 0 Å². The van der Waals surface area contributed by atoms with E-state index < -0.39 is 5.79 Å². The van der Waals surface area contributed by atoms with Crippen molar-refractivity contribution >= 4 is 0 Å². The van der Waals surface area contributed by atoms with Gasteiger partial charge in [0.15, 0.2) is 0 Å². The fraction of sp³-hybridized carbons (Fsp3) is 0.240. The SMILES string of the molecule is COc1ccc(C2(Cn3ccnc3)OCC(COc3ccc(-n4cccc4)cc3)O2)cc1. The third-order valence-corrected chi connectivity index (χ3v) is 5.51. The lowest BCUT2D eigenvalue weighted by molar-refractivity contribution is -0.189. The first-order chi connectivity index (χ1) is 15.7. The van der Waals surface area contributed by atoms with Crippen molar-refractivity contribution in [2.75, 3.05) is 20.3 Å². The zero-order valence-corrected chi connectivity index (χ0v) is 17.8. The van der Waals surface area contributed by atoms with Gasteiger partial charge in [-0.15, -0.1) is 0 Å². The summed E-state index contributed by atoms with van der Waals surface area (Å²) in [5.41, 5.74) is 2.01. The molecule has 0 saturated carbocycles. The van der Waals surface area contributed by atoms with E-state index in [4.69, 9.17) is 18.9 Å². The summed E-state index contributed by atoms with van der Waals surface area (Å²) < 4.78 is 28.0. The van der Waals surface area contributed by atoms with Crippen molar-refractivity contribution in [3.05, 3.63) is 97.3 Å². The van der Waals surface area contributed by atoms with E-state index >= 15 is 0 Å². The van der Waals surface area contributed by atoms with E-state index in [1.807, 2.05) is 83.8 Å². The van der Waals surface area contributed by atoms with E-state index in [0.29, 0.717) is 19.8 Å². The first-order valence-electron chi connectivity index (χ1n) is 10.5. The van der Waals surface area contributed by atoms with E-state index in [-0.39, 0.29) is 6.10 Å². The molecule has 2 atom stereocenters. The number of methoxy groups -OCH3 is 1. The van der Waals surface area contributed by atoms with Crippen LogP contribution in [0.4, 0.5) is 0 Å². The fourth-order valence-corrected chi connectivity index (χ4v) is 3.85. The Morgan fingerprint density at radius 2 is 1.75 bits per heavy atom. The highest BCUT2D eigenvalue weighted by Gasteiger charge is 2.44. The molecule has 2 aromatic heterocycles. The summed E-state index contributed by atoms with van der Waals surface area (Å²) in [5.74, 6) is 0.660. The van der Waals surface area contributed by atoms with Crippen molar-refractivity contribution in [3.8, 4) is 17.2 Å². The summed E-state index contributed by atoms with van der Waals surface area (Å²) in [4.78, 5) is 4.14. The molecule has 0 spiro atoms. The molecule has 2 aromatic carbocycles. The summed E-state index contributed by atoms with van der Waals surface area (Å²) in [6.07, 6.45) is 9.22. The van der Waals surface area contributed by atoms with Gasteiger partial charge in [-0.25, -0.2) is 4.98 Å². The van der Waals surface area contributed by atoms with Gasteiger partial charge < -0.3 is 28.1 Å². The van der Waals surface area contributed by atoms with Gasteiger partial charge >= 0.3 is 0 Å². The number of benzene rings is 2. The molecule has 2 unspecified atom stereocenters. The van der Waals surface area contributed by atoms with Crippen LogP contribution in [-0.2, 0) is 21.8 Å². The molecule has 32 heavy (non-hydrogen) atoms. The Bertz CT molecular complexity index is 1110. The molecule has 164 valence electrons. The minimum Gasteiger partial charge on any atom is -0.497 e. The van der Waals surface area contributed by atoms with Crippen molar-refractivity contribution in [1.82, 2.24) is 14.1 Å². The van der Waals surface area contributed by atoms with Crippen LogP contribution in [0.3, 0.4) is 0 Å². The molecular weight excluding hydrogens is 406 g/mol. The largest absolute Gasteiger partial charge is 0.497 e. The normalized spacial score (nSPS) is 20.3. The molecule has 4 aromatic rings. The topological polar surface area (TPSA) is 59.7 Å². The summed E-state index contributed by atoms with van der Waals surface area (Å²) >= 11 is 0. The van der Waals surface area contributed by atoms with E-state index in [2.05, 4.69) is 9.55 Å². The van der Waals surface area contributed by atoms with Crippen molar-refractivity contribution in [2.24, 2.45) is 0 Å². The molecular formula is C25H25N3O4. The van der Waals surface area contributed by atoms with E-state index in [1.165, 1.54) is 0 Å². The summed E-state index contributed by atoms with van der Waals surface area (Å²) in [5, 5.41) is 0. The molecule has 0 aliphatic carbocycles. The van der Waals surface area contributed by atoms with Crippen LogP contribution >= 0.6 is 0 Å². The number of aromatic nitrogens is 3. The zero-order valence-electron chi connectivity index (χ0n) is 17.8. The highest BCUT2D eigenvalue weighted by Crippen LogP contribution is 2.37. The quantitative estimate of drug-likeness (QED) is 0.422. The van der Waals surface area contributed by atoms with Gasteiger partial charge in [-0.1, -0.05) is 0 Å². The van der Waals surface area contributed by atoms with Crippen molar-refractivity contribution in [2.45, 2.75) is 18.4 Å². The van der Waals surface area contributed by atoms with Crippen LogP contribution < -0.4 is 9.47 Å². The lowest BCUT2D eigenvalue weighted by Gasteiger charge is -2.29.